The molecule has 1 aromatic rings. The molecule has 0 aliphatic heterocycles. The highest BCUT2D eigenvalue weighted by atomic mass is 35.5. The van der Waals surface area contributed by atoms with Gasteiger partial charge in [-0.1, -0.05) is 0 Å². The van der Waals surface area contributed by atoms with E-state index in [0.29, 0.717) is 11.3 Å². The molecule has 2 N–H and O–H groups in total. The zero-order valence-electron chi connectivity index (χ0n) is 8.92. The third-order valence-corrected chi connectivity index (χ3v) is 2.96. The van der Waals surface area contributed by atoms with Crippen molar-refractivity contribution in [1.29, 1.82) is 0 Å². The molecule has 0 radical (unpaired) electrons. The predicted octanol–water partition coefficient (Wildman–Crippen LogP) is 2.16. The molecule has 1 atom stereocenters. The molecule has 1 saturated carbocycles. The number of hydrogen-bond acceptors (Lipinski definition) is 3. The van der Waals surface area contributed by atoms with Gasteiger partial charge in [-0.3, -0.25) is 0 Å². The number of furan rings is 1. The fourth-order valence-corrected chi connectivity index (χ4v) is 1.61. The van der Waals surface area contributed by atoms with Crippen LogP contribution in [0.4, 0.5) is 0 Å². The van der Waals surface area contributed by atoms with E-state index in [2.05, 4.69) is 17.6 Å². The van der Waals surface area contributed by atoms with Crippen LogP contribution < -0.4 is 10.6 Å². The number of nitrogens with one attached hydrogen (secondary N) is 2. The van der Waals surface area contributed by atoms with E-state index in [4.69, 9.17) is 16.0 Å². The normalized spacial score (nSPS) is 18.0. The van der Waals surface area contributed by atoms with Crippen LogP contribution >= 0.6 is 11.6 Å². The summed E-state index contributed by atoms with van der Waals surface area (Å²) in [5.74, 6) is 0. The van der Waals surface area contributed by atoms with Crippen LogP contribution in [0.3, 0.4) is 0 Å². The van der Waals surface area contributed by atoms with Crippen molar-refractivity contribution in [2.45, 2.75) is 38.4 Å². The van der Waals surface area contributed by atoms with Gasteiger partial charge in [0.05, 0.1) is 6.26 Å². The highest BCUT2D eigenvalue weighted by Gasteiger charge is 2.20. The van der Waals surface area contributed by atoms with E-state index in [9.17, 15) is 0 Å². The van der Waals surface area contributed by atoms with Crippen LogP contribution in [0.15, 0.2) is 16.7 Å². The van der Waals surface area contributed by atoms with Gasteiger partial charge < -0.3 is 15.1 Å². The van der Waals surface area contributed by atoms with Gasteiger partial charge in [0.15, 0.2) is 5.22 Å². The number of rotatable bonds is 6. The molecule has 1 fully saturated rings. The Balaban J connectivity index is 1.65. The molecule has 84 valence electrons. The van der Waals surface area contributed by atoms with Gasteiger partial charge in [0.1, 0.15) is 0 Å². The Morgan fingerprint density at radius 3 is 3.00 bits per heavy atom. The molecule has 1 aromatic heterocycles. The van der Waals surface area contributed by atoms with Crippen LogP contribution in [-0.2, 0) is 6.54 Å². The lowest BCUT2D eigenvalue weighted by Gasteiger charge is -2.13. The summed E-state index contributed by atoms with van der Waals surface area (Å²) in [7, 11) is 0. The van der Waals surface area contributed by atoms with Crippen LogP contribution in [0.5, 0.6) is 0 Å². The Hall–Kier alpha value is -0.510. The van der Waals surface area contributed by atoms with Crippen molar-refractivity contribution in [1.82, 2.24) is 10.6 Å². The Bertz CT molecular complexity index is 309. The zero-order chi connectivity index (χ0) is 10.7. The highest BCUT2D eigenvalue weighted by Crippen LogP contribution is 2.18. The molecular weight excluding hydrogens is 212 g/mol. The molecular formula is C11H17ClN2O. The predicted molar refractivity (Wildman–Crippen MR) is 61.0 cm³/mol. The zero-order valence-corrected chi connectivity index (χ0v) is 9.68. The number of hydrogen-bond donors (Lipinski definition) is 2. The summed E-state index contributed by atoms with van der Waals surface area (Å²) in [6.07, 6.45) is 4.28. The van der Waals surface area contributed by atoms with E-state index >= 15 is 0 Å². The minimum Gasteiger partial charge on any atom is -0.453 e. The molecule has 0 amide bonds. The van der Waals surface area contributed by atoms with Crippen molar-refractivity contribution < 1.29 is 4.42 Å². The van der Waals surface area contributed by atoms with Gasteiger partial charge in [-0.25, -0.2) is 0 Å². The molecule has 0 aromatic carbocycles. The summed E-state index contributed by atoms with van der Waals surface area (Å²) >= 11 is 5.84. The molecule has 4 heteroatoms. The monoisotopic (exact) mass is 228 g/mol. The summed E-state index contributed by atoms with van der Waals surface area (Å²) in [5, 5.41) is 7.37. The van der Waals surface area contributed by atoms with Gasteiger partial charge in [-0.2, -0.15) is 0 Å². The van der Waals surface area contributed by atoms with E-state index in [1.165, 1.54) is 12.8 Å². The van der Waals surface area contributed by atoms with Crippen molar-refractivity contribution in [3.8, 4) is 0 Å². The minimum atomic E-state index is 0.455. The van der Waals surface area contributed by atoms with Crippen LogP contribution in [0.2, 0.25) is 5.22 Å². The van der Waals surface area contributed by atoms with Gasteiger partial charge in [0, 0.05) is 30.7 Å². The molecule has 1 heterocycles. The van der Waals surface area contributed by atoms with Crippen LogP contribution in [0.1, 0.15) is 25.3 Å². The van der Waals surface area contributed by atoms with E-state index in [0.717, 1.165) is 24.7 Å². The summed E-state index contributed by atoms with van der Waals surface area (Å²) in [4.78, 5) is 0. The fraction of sp³-hybridized carbons (Fsp3) is 0.636. The smallest absolute Gasteiger partial charge is 0.197 e. The lowest BCUT2D eigenvalue weighted by molar-refractivity contribution is 0.496. The van der Waals surface area contributed by atoms with E-state index in [1.54, 1.807) is 6.26 Å². The quantitative estimate of drug-likeness (QED) is 0.784. The first-order valence-corrected chi connectivity index (χ1v) is 5.82. The highest BCUT2D eigenvalue weighted by molar-refractivity contribution is 6.29. The summed E-state index contributed by atoms with van der Waals surface area (Å²) < 4.78 is 5.01. The van der Waals surface area contributed by atoms with Gasteiger partial charge in [0.25, 0.3) is 0 Å². The van der Waals surface area contributed by atoms with Gasteiger partial charge >= 0.3 is 0 Å². The van der Waals surface area contributed by atoms with Gasteiger partial charge in [-0.05, 0) is 37.4 Å². The third kappa shape index (κ3) is 3.52. The minimum absolute atomic E-state index is 0.455. The lowest BCUT2D eigenvalue weighted by Crippen LogP contribution is -2.36. The Morgan fingerprint density at radius 2 is 2.40 bits per heavy atom. The van der Waals surface area contributed by atoms with Crippen molar-refractivity contribution in [2.24, 2.45) is 0 Å². The van der Waals surface area contributed by atoms with Crippen molar-refractivity contribution in [3.63, 3.8) is 0 Å². The van der Waals surface area contributed by atoms with Gasteiger partial charge in [0.2, 0.25) is 0 Å². The molecule has 0 spiro atoms. The lowest BCUT2D eigenvalue weighted by atomic mass is 10.3. The maximum absolute atomic E-state index is 5.84. The Kier molecular flexibility index (Phi) is 3.67. The van der Waals surface area contributed by atoms with Crippen LogP contribution in [-0.4, -0.2) is 18.6 Å². The van der Waals surface area contributed by atoms with Crippen molar-refractivity contribution in [2.75, 3.05) is 6.54 Å². The first-order chi connectivity index (χ1) is 7.25. The fourth-order valence-electron chi connectivity index (χ4n) is 1.43. The largest absolute Gasteiger partial charge is 0.453 e. The second-order valence-corrected chi connectivity index (χ2v) is 4.53. The molecule has 1 aliphatic rings. The van der Waals surface area contributed by atoms with E-state index in [-0.39, 0.29) is 0 Å². The van der Waals surface area contributed by atoms with Crippen LogP contribution in [0, 0.1) is 0 Å². The molecule has 3 nitrogen and oxygen atoms in total. The van der Waals surface area contributed by atoms with Crippen molar-refractivity contribution in [3.05, 3.63) is 23.1 Å². The molecule has 1 aliphatic carbocycles. The first kappa shape index (κ1) is 11.0. The van der Waals surface area contributed by atoms with E-state index in [1.807, 2.05) is 6.07 Å². The molecule has 1 unspecified atom stereocenters. The average molecular weight is 229 g/mol. The Morgan fingerprint density at radius 1 is 1.60 bits per heavy atom. The van der Waals surface area contributed by atoms with Crippen molar-refractivity contribution >= 4 is 11.6 Å². The van der Waals surface area contributed by atoms with Crippen LogP contribution in [0.25, 0.3) is 0 Å². The average Bonchev–Trinajstić information content (AvgIpc) is 2.96. The summed E-state index contributed by atoms with van der Waals surface area (Å²) in [6, 6.07) is 3.12. The maximum atomic E-state index is 5.84. The second-order valence-electron chi connectivity index (χ2n) is 4.18. The summed E-state index contributed by atoms with van der Waals surface area (Å²) in [5.41, 5.74) is 1.02. The SMILES string of the molecule is CC(CNC1CC1)NCc1ccoc1Cl. The Labute approximate surface area is 95.2 Å². The molecule has 0 bridgehead atoms. The molecule has 2 rings (SSSR count). The van der Waals surface area contributed by atoms with Gasteiger partial charge in [-0.15, -0.1) is 0 Å². The summed E-state index contributed by atoms with van der Waals surface area (Å²) in [6.45, 7) is 3.95. The number of halogens is 1. The molecule has 0 saturated heterocycles. The standard InChI is InChI=1S/C11H17ClN2O/c1-8(6-14-10-2-3-10)13-7-9-4-5-15-11(9)12/h4-5,8,10,13-14H,2-3,6-7H2,1H3. The third-order valence-electron chi connectivity index (χ3n) is 2.62. The second kappa shape index (κ2) is 5.01. The van der Waals surface area contributed by atoms with E-state index < -0.39 is 0 Å². The topological polar surface area (TPSA) is 37.2 Å². The molecule has 15 heavy (non-hydrogen) atoms. The first-order valence-electron chi connectivity index (χ1n) is 5.44. The maximum Gasteiger partial charge on any atom is 0.197 e.